The van der Waals surface area contributed by atoms with Crippen LogP contribution >= 0.6 is 0 Å². The van der Waals surface area contributed by atoms with Crippen LogP contribution in [0.25, 0.3) is 0 Å². The normalized spacial score (nSPS) is 21.1. The molecule has 4 nitrogen and oxygen atoms in total. The third-order valence-corrected chi connectivity index (χ3v) is 3.28. The molecule has 0 aromatic rings. The first-order chi connectivity index (χ1) is 7.45. The molecule has 1 N–H and O–H groups in total. The van der Waals surface area contributed by atoms with E-state index in [-0.39, 0.29) is 17.6 Å². The molecule has 0 aliphatic carbocycles. The number of esters is 1. The molecule has 1 aliphatic heterocycles. The van der Waals surface area contributed by atoms with E-state index in [2.05, 4.69) is 17.1 Å². The highest BCUT2D eigenvalue weighted by atomic mass is 16.5. The smallest absolute Gasteiger partial charge is 0.320 e. The number of ether oxygens (including phenoxy) is 1. The van der Waals surface area contributed by atoms with Crippen LogP contribution in [0.1, 0.15) is 33.6 Å². The average Bonchev–Trinajstić information content (AvgIpc) is 2.21. The number of nitrogens with one attached hydrogen (secondary N) is 1. The van der Waals surface area contributed by atoms with Gasteiger partial charge in [0.25, 0.3) is 0 Å². The largest absolute Gasteiger partial charge is 0.462 e. The lowest BCUT2D eigenvalue weighted by Gasteiger charge is -2.38. The summed E-state index contributed by atoms with van der Waals surface area (Å²) in [6, 6.07) is 0. The standard InChI is InChI=1S/C12H24N2O2/c1-10(2)16-11(15)9-14-7-5-12(3,13-4)6-8-14/h10,13H,5-9H2,1-4H3. The second-order valence-electron chi connectivity index (χ2n) is 5.13. The van der Waals surface area contributed by atoms with Crippen LogP contribution in [0.5, 0.6) is 0 Å². The molecule has 0 atom stereocenters. The van der Waals surface area contributed by atoms with Gasteiger partial charge in [-0.15, -0.1) is 0 Å². The maximum atomic E-state index is 11.5. The van der Waals surface area contributed by atoms with Gasteiger partial charge in [0.05, 0.1) is 12.6 Å². The van der Waals surface area contributed by atoms with Gasteiger partial charge in [0.15, 0.2) is 0 Å². The van der Waals surface area contributed by atoms with E-state index in [1.165, 1.54) is 0 Å². The monoisotopic (exact) mass is 228 g/mol. The highest BCUT2D eigenvalue weighted by Gasteiger charge is 2.29. The number of hydrogen-bond acceptors (Lipinski definition) is 4. The lowest BCUT2D eigenvalue weighted by molar-refractivity contribution is -0.149. The third kappa shape index (κ3) is 4.10. The topological polar surface area (TPSA) is 41.6 Å². The summed E-state index contributed by atoms with van der Waals surface area (Å²) >= 11 is 0. The van der Waals surface area contributed by atoms with Gasteiger partial charge in [0.2, 0.25) is 0 Å². The van der Waals surface area contributed by atoms with Gasteiger partial charge in [-0.1, -0.05) is 0 Å². The predicted molar refractivity (Wildman–Crippen MR) is 64.4 cm³/mol. The summed E-state index contributed by atoms with van der Waals surface area (Å²) < 4.78 is 5.14. The van der Waals surface area contributed by atoms with Crippen LogP contribution in [0, 0.1) is 0 Å². The minimum absolute atomic E-state index is 0.0140. The Labute approximate surface area is 98.3 Å². The molecule has 4 heteroatoms. The summed E-state index contributed by atoms with van der Waals surface area (Å²) in [6.07, 6.45) is 2.15. The maximum absolute atomic E-state index is 11.5. The highest BCUT2D eigenvalue weighted by molar-refractivity contribution is 5.71. The van der Waals surface area contributed by atoms with Crippen LogP contribution in [0.3, 0.4) is 0 Å². The zero-order valence-corrected chi connectivity index (χ0v) is 10.9. The molecule has 1 heterocycles. The van der Waals surface area contributed by atoms with Gasteiger partial charge < -0.3 is 10.1 Å². The Bertz CT molecular complexity index is 233. The molecule has 1 fully saturated rings. The van der Waals surface area contributed by atoms with E-state index in [1.54, 1.807) is 0 Å². The molecule has 94 valence electrons. The van der Waals surface area contributed by atoms with Crippen molar-refractivity contribution in [3.8, 4) is 0 Å². The Morgan fingerprint density at radius 3 is 2.44 bits per heavy atom. The van der Waals surface area contributed by atoms with Crippen molar-refractivity contribution in [3.63, 3.8) is 0 Å². The molecular weight excluding hydrogens is 204 g/mol. The van der Waals surface area contributed by atoms with Crippen LogP contribution < -0.4 is 5.32 Å². The second kappa shape index (κ2) is 5.64. The van der Waals surface area contributed by atoms with E-state index >= 15 is 0 Å². The van der Waals surface area contributed by atoms with Crippen molar-refractivity contribution in [3.05, 3.63) is 0 Å². The van der Waals surface area contributed by atoms with Crippen molar-refractivity contribution in [2.45, 2.75) is 45.3 Å². The first-order valence-electron chi connectivity index (χ1n) is 6.06. The van der Waals surface area contributed by atoms with Crippen LogP contribution in [0.4, 0.5) is 0 Å². The average molecular weight is 228 g/mol. The quantitative estimate of drug-likeness (QED) is 0.729. The number of rotatable bonds is 4. The molecule has 1 saturated heterocycles. The minimum Gasteiger partial charge on any atom is -0.462 e. The van der Waals surface area contributed by atoms with Gasteiger partial charge in [-0.25, -0.2) is 0 Å². The fraction of sp³-hybridized carbons (Fsp3) is 0.917. The predicted octanol–water partition coefficient (Wildman–Crippen LogP) is 1.01. The number of carbonyl (C=O) groups is 1. The molecule has 0 spiro atoms. The maximum Gasteiger partial charge on any atom is 0.320 e. The van der Waals surface area contributed by atoms with Gasteiger partial charge in [0, 0.05) is 18.6 Å². The van der Waals surface area contributed by atoms with Crippen LogP contribution in [0.2, 0.25) is 0 Å². The Hall–Kier alpha value is -0.610. The van der Waals surface area contributed by atoms with E-state index in [1.807, 2.05) is 20.9 Å². The molecule has 0 bridgehead atoms. The molecular formula is C12H24N2O2. The van der Waals surface area contributed by atoms with Gasteiger partial charge in [0.1, 0.15) is 0 Å². The van der Waals surface area contributed by atoms with Crippen LogP contribution in [0.15, 0.2) is 0 Å². The van der Waals surface area contributed by atoms with Gasteiger partial charge in [-0.05, 0) is 40.7 Å². The van der Waals surface area contributed by atoms with E-state index in [4.69, 9.17) is 4.74 Å². The van der Waals surface area contributed by atoms with Crippen molar-refractivity contribution in [1.82, 2.24) is 10.2 Å². The summed E-state index contributed by atoms with van der Waals surface area (Å²) in [5, 5.41) is 3.34. The van der Waals surface area contributed by atoms with E-state index < -0.39 is 0 Å². The fourth-order valence-corrected chi connectivity index (χ4v) is 1.94. The molecule has 1 aliphatic rings. The molecule has 0 aromatic carbocycles. The minimum atomic E-state index is -0.108. The summed E-state index contributed by atoms with van der Waals surface area (Å²) in [5.74, 6) is -0.108. The molecule has 0 aromatic heterocycles. The summed E-state index contributed by atoms with van der Waals surface area (Å²) in [7, 11) is 2.00. The number of hydrogen-bond donors (Lipinski definition) is 1. The van der Waals surface area contributed by atoms with Crippen molar-refractivity contribution in [2.24, 2.45) is 0 Å². The van der Waals surface area contributed by atoms with Gasteiger partial charge in [-0.3, -0.25) is 9.69 Å². The molecule has 16 heavy (non-hydrogen) atoms. The van der Waals surface area contributed by atoms with Crippen molar-refractivity contribution >= 4 is 5.97 Å². The van der Waals surface area contributed by atoms with E-state index in [9.17, 15) is 4.79 Å². The van der Waals surface area contributed by atoms with Crippen LogP contribution in [-0.4, -0.2) is 49.2 Å². The molecule has 0 unspecified atom stereocenters. The fourth-order valence-electron chi connectivity index (χ4n) is 1.94. The van der Waals surface area contributed by atoms with Gasteiger partial charge in [-0.2, -0.15) is 0 Å². The Kier molecular flexibility index (Phi) is 4.74. The van der Waals surface area contributed by atoms with Crippen molar-refractivity contribution < 1.29 is 9.53 Å². The lowest BCUT2D eigenvalue weighted by atomic mass is 9.90. The first kappa shape index (κ1) is 13.5. The first-order valence-corrected chi connectivity index (χ1v) is 6.06. The number of nitrogens with zero attached hydrogens (tertiary/aromatic N) is 1. The molecule has 0 saturated carbocycles. The second-order valence-corrected chi connectivity index (χ2v) is 5.13. The summed E-state index contributed by atoms with van der Waals surface area (Å²) in [6.45, 7) is 8.35. The number of carbonyl (C=O) groups excluding carboxylic acids is 1. The molecule has 0 radical (unpaired) electrons. The zero-order valence-electron chi connectivity index (χ0n) is 10.9. The Morgan fingerprint density at radius 1 is 1.44 bits per heavy atom. The number of likely N-dealkylation sites (tertiary alicyclic amines) is 1. The SMILES string of the molecule is CNC1(C)CCN(CC(=O)OC(C)C)CC1. The van der Waals surface area contributed by atoms with E-state index in [0.717, 1.165) is 25.9 Å². The third-order valence-electron chi connectivity index (χ3n) is 3.28. The molecule has 0 amide bonds. The Balaban J connectivity index is 2.29. The number of piperidine rings is 1. The van der Waals surface area contributed by atoms with Crippen molar-refractivity contribution in [1.29, 1.82) is 0 Å². The van der Waals surface area contributed by atoms with Crippen molar-refractivity contribution in [2.75, 3.05) is 26.7 Å². The van der Waals surface area contributed by atoms with Crippen LogP contribution in [-0.2, 0) is 9.53 Å². The lowest BCUT2D eigenvalue weighted by Crippen LogP contribution is -2.51. The summed E-state index contributed by atoms with van der Waals surface area (Å²) in [5.41, 5.74) is 0.235. The zero-order chi connectivity index (χ0) is 12.2. The summed E-state index contributed by atoms with van der Waals surface area (Å²) in [4.78, 5) is 13.6. The van der Waals surface area contributed by atoms with Gasteiger partial charge >= 0.3 is 5.97 Å². The molecule has 1 rings (SSSR count). The Morgan fingerprint density at radius 2 is 2.00 bits per heavy atom. The van der Waals surface area contributed by atoms with E-state index in [0.29, 0.717) is 6.54 Å². The highest BCUT2D eigenvalue weighted by Crippen LogP contribution is 2.20.